The van der Waals surface area contributed by atoms with Crippen LogP contribution in [0.25, 0.3) is 0 Å². The molecule has 0 spiro atoms. The van der Waals surface area contributed by atoms with E-state index < -0.39 is 0 Å². The zero-order chi connectivity index (χ0) is 12.1. The molecule has 3 nitrogen and oxygen atoms in total. The number of carbonyl (C=O) groups excluding carboxylic acids is 1. The van der Waals surface area contributed by atoms with Gasteiger partial charge in [-0.25, -0.2) is 0 Å². The molecule has 86 valence electrons. The minimum Gasteiger partial charge on any atom is -0.493 e. The van der Waals surface area contributed by atoms with Gasteiger partial charge < -0.3 is 9.47 Å². The Hall–Kier alpha value is -1.48. The molecule has 0 aliphatic carbocycles. The van der Waals surface area contributed by atoms with Gasteiger partial charge in [-0.05, 0) is 24.6 Å². The zero-order valence-corrected chi connectivity index (χ0v) is 10.0. The Bertz CT molecular complexity index is 413. The largest absolute Gasteiger partial charge is 0.493 e. The zero-order valence-electron chi connectivity index (χ0n) is 9.25. The van der Waals surface area contributed by atoms with Crippen LogP contribution in [0.5, 0.6) is 11.5 Å². The van der Waals surface area contributed by atoms with Crippen molar-refractivity contribution in [3.63, 3.8) is 0 Å². The second-order valence-electron chi connectivity index (χ2n) is 3.40. The minimum atomic E-state index is 0.350. The molecule has 0 atom stereocenters. The van der Waals surface area contributed by atoms with Crippen LogP contribution in [0.3, 0.4) is 0 Å². The van der Waals surface area contributed by atoms with Crippen molar-refractivity contribution >= 4 is 17.9 Å². The Balaban J connectivity index is 3.06. The first kappa shape index (κ1) is 12.6. The van der Waals surface area contributed by atoms with Gasteiger partial charge in [0.05, 0.1) is 12.1 Å². The standard InChI is InChI=1S/C12H13ClO3/c1-8(2)7-16-12-10(13)4-9(6-14)5-11(12)15-3/h4-6H,1,7H2,2-3H3. The molecule has 0 aliphatic heterocycles. The molecule has 0 saturated heterocycles. The lowest BCUT2D eigenvalue weighted by Gasteiger charge is -2.12. The highest BCUT2D eigenvalue weighted by atomic mass is 35.5. The molecule has 1 aromatic carbocycles. The van der Waals surface area contributed by atoms with E-state index in [0.29, 0.717) is 35.0 Å². The van der Waals surface area contributed by atoms with Crippen molar-refractivity contribution in [2.24, 2.45) is 0 Å². The molecule has 16 heavy (non-hydrogen) atoms. The van der Waals surface area contributed by atoms with Crippen molar-refractivity contribution in [2.75, 3.05) is 13.7 Å². The molecule has 0 fully saturated rings. The van der Waals surface area contributed by atoms with Crippen LogP contribution in [-0.4, -0.2) is 20.0 Å². The summed E-state index contributed by atoms with van der Waals surface area (Å²) in [6, 6.07) is 3.11. The van der Waals surface area contributed by atoms with Crippen LogP contribution in [0, 0.1) is 0 Å². The maximum atomic E-state index is 10.6. The lowest BCUT2D eigenvalue weighted by Crippen LogP contribution is -2.01. The van der Waals surface area contributed by atoms with Crippen LogP contribution in [0.15, 0.2) is 24.3 Å². The normalized spacial score (nSPS) is 9.69. The van der Waals surface area contributed by atoms with Crippen LogP contribution in [-0.2, 0) is 0 Å². The van der Waals surface area contributed by atoms with Gasteiger partial charge in [0, 0.05) is 5.56 Å². The number of carbonyl (C=O) groups is 1. The average Bonchev–Trinajstić information content (AvgIpc) is 2.26. The molecule has 0 aromatic heterocycles. The number of ether oxygens (including phenoxy) is 2. The summed E-state index contributed by atoms with van der Waals surface area (Å²) in [4.78, 5) is 10.6. The van der Waals surface area contributed by atoms with Crippen LogP contribution in [0.1, 0.15) is 17.3 Å². The Morgan fingerprint density at radius 2 is 2.25 bits per heavy atom. The third-order valence-corrected chi connectivity index (χ3v) is 2.13. The summed E-state index contributed by atoms with van der Waals surface area (Å²) in [5.74, 6) is 0.869. The molecule has 0 aliphatic rings. The van der Waals surface area contributed by atoms with E-state index >= 15 is 0 Å². The summed E-state index contributed by atoms with van der Waals surface area (Å²) in [6.07, 6.45) is 0.705. The van der Waals surface area contributed by atoms with Gasteiger partial charge in [0.25, 0.3) is 0 Å². The highest BCUT2D eigenvalue weighted by Gasteiger charge is 2.11. The first-order valence-electron chi connectivity index (χ1n) is 4.68. The molecule has 0 saturated carbocycles. The van der Waals surface area contributed by atoms with Gasteiger partial charge >= 0.3 is 0 Å². The van der Waals surface area contributed by atoms with E-state index in [2.05, 4.69) is 6.58 Å². The molecule has 0 heterocycles. The lowest BCUT2D eigenvalue weighted by molar-refractivity contribution is 0.112. The smallest absolute Gasteiger partial charge is 0.180 e. The van der Waals surface area contributed by atoms with Crippen molar-refractivity contribution in [2.45, 2.75) is 6.92 Å². The number of hydrogen-bond donors (Lipinski definition) is 0. The molecule has 4 heteroatoms. The van der Waals surface area contributed by atoms with E-state index in [1.807, 2.05) is 6.92 Å². The molecule has 0 unspecified atom stereocenters. The van der Waals surface area contributed by atoms with Crippen LogP contribution in [0.2, 0.25) is 5.02 Å². The Morgan fingerprint density at radius 1 is 1.56 bits per heavy atom. The predicted octanol–water partition coefficient (Wildman–Crippen LogP) is 3.12. The SMILES string of the molecule is C=C(C)COc1c(Cl)cc(C=O)cc1OC. The van der Waals surface area contributed by atoms with Crippen molar-refractivity contribution in [3.8, 4) is 11.5 Å². The van der Waals surface area contributed by atoms with Crippen LogP contribution in [0.4, 0.5) is 0 Å². The van der Waals surface area contributed by atoms with E-state index in [1.54, 1.807) is 6.07 Å². The first-order valence-corrected chi connectivity index (χ1v) is 5.06. The van der Waals surface area contributed by atoms with Crippen molar-refractivity contribution < 1.29 is 14.3 Å². The molecule has 0 amide bonds. The van der Waals surface area contributed by atoms with E-state index in [1.165, 1.54) is 13.2 Å². The third-order valence-electron chi connectivity index (χ3n) is 1.85. The van der Waals surface area contributed by atoms with E-state index in [-0.39, 0.29) is 0 Å². The summed E-state index contributed by atoms with van der Waals surface area (Å²) < 4.78 is 10.6. The monoisotopic (exact) mass is 240 g/mol. The van der Waals surface area contributed by atoms with Crippen LogP contribution < -0.4 is 9.47 Å². The Labute approximate surface area is 99.6 Å². The van der Waals surface area contributed by atoms with Gasteiger partial charge in [0.2, 0.25) is 0 Å². The summed E-state index contributed by atoms with van der Waals surface area (Å²) >= 11 is 5.98. The molecule has 0 N–H and O–H groups in total. The van der Waals surface area contributed by atoms with Crippen molar-refractivity contribution in [1.82, 2.24) is 0 Å². The number of methoxy groups -OCH3 is 1. The highest BCUT2D eigenvalue weighted by Crippen LogP contribution is 2.36. The van der Waals surface area contributed by atoms with Gasteiger partial charge in [-0.1, -0.05) is 18.2 Å². The first-order chi connectivity index (χ1) is 7.58. The summed E-state index contributed by atoms with van der Waals surface area (Å²) in [6.45, 7) is 5.93. The maximum absolute atomic E-state index is 10.6. The molecule has 1 rings (SSSR count). The summed E-state index contributed by atoms with van der Waals surface area (Å²) in [5.41, 5.74) is 1.32. The third kappa shape index (κ3) is 3.00. The molecule has 1 aromatic rings. The quantitative estimate of drug-likeness (QED) is 0.586. The predicted molar refractivity (Wildman–Crippen MR) is 63.7 cm³/mol. The molecule has 0 radical (unpaired) electrons. The topological polar surface area (TPSA) is 35.5 Å². The van der Waals surface area contributed by atoms with Crippen molar-refractivity contribution in [3.05, 3.63) is 34.9 Å². The van der Waals surface area contributed by atoms with Gasteiger partial charge in [0.15, 0.2) is 11.5 Å². The minimum absolute atomic E-state index is 0.350. The Kier molecular flexibility index (Phi) is 4.38. The second-order valence-corrected chi connectivity index (χ2v) is 3.80. The van der Waals surface area contributed by atoms with Gasteiger partial charge in [0.1, 0.15) is 12.9 Å². The number of aldehydes is 1. The lowest BCUT2D eigenvalue weighted by atomic mass is 10.2. The van der Waals surface area contributed by atoms with Crippen molar-refractivity contribution in [1.29, 1.82) is 0 Å². The number of benzene rings is 1. The fraction of sp³-hybridized carbons (Fsp3) is 0.250. The van der Waals surface area contributed by atoms with Gasteiger partial charge in [-0.15, -0.1) is 0 Å². The highest BCUT2D eigenvalue weighted by molar-refractivity contribution is 6.32. The second kappa shape index (κ2) is 5.56. The molecule has 0 bridgehead atoms. The molecular formula is C12H13ClO3. The maximum Gasteiger partial charge on any atom is 0.180 e. The summed E-state index contributed by atoms with van der Waals surface area (Å²) in [5, 5.41) is 0.350. The number of rotatable bonds is 5. The van der Waals surface area contributed by atoms with Crippen LogP contribution >= 0.6 is 11.6 Å². The van der Waals surface area contributed by atoms with E-state index in [9.17, 15) is 4.79 Å². The number of halogens is 1. The average molecular weight is 241 g/mol. The fourth-order valence-corrected chi connectivity index (χ4v) is 1.42. The van der Waals surface area contributed by atoms with Gasteiger partial charge in [-0.3, -0.25) is 4.79 Å². The van der Waals surface area contributed by atoms with Gasteiger partial charge in [-0.2, -0.15) is 0 Å². The fourth-order valence-electron chi connectivity index (χ4n) is 1.14. The number of hydrogen-bond acceptors (Lipinski definition) is 3. The van der Waals surface area contributed by atoms with E-state index in [4.69, 9.17) is 21.1 Å². The molecular weight excluding hydrogens is 228 g/mol. The Morgan fingerprint density at radius 3 is 2.75 bits per heavy atom. The van der Waals surface area contributed by atoms with E-state index in [0.717, 1.165) is 5.57 Å². The summed E-state index contributed by atoms with van der Waals surface area (Å²) in [7, 11) is 1.49.